The Morgan fingerprint density at radius 2 is 2.10 bits per heavy atom. The van der Waals surface area contributed by atoms with E-state index in [1.54, 1.807) is 0 Å². The Labute approximate surface area is 126 Å². The fourth-order valence-corrected chi connectivity index (χ4v) is 3.29. The van der Waals surface area contributed by atoms with E-state index in [4.69, 9.17) is 22.7 Å². The minimum absolute atomic E-state index is 0.0728. The van der Waals surface area contributed by atoms with Crippen molar-refractivity contribution >= 4 is 23.1 Å². The summed E-state index contributed by atoms with van der Waals surface area (Å²) in [6, 6.07) is 0.182. The smallest absolute Gasteiger partial charge is 0.228 e. The van der Waals surface area contributed by atoms with Gasteiger partial charge in [-0.15, -0.1) is 0 Å². The van der Waals surface area contributed by atoms with Crippen LogP contribution in [0.25, 0.3) is 0 Å². The molecule has 2 unspecified atom stereocenters. The fourth-order valence-electron chi connectivity index (χ4n) is 3.02. The van der Waals surface area contributed by atoms with E-state index in [0.29, 0.717) is 11.6 Å². The number of carbonyl (C=O) groups is 1. The molecule has 0 bridgehead atoms. The summed E-state index contributed by atoms with van der Waals surface area (Å²) >= 11 is 5.17. The first-order valence-corrected chi connectivity index (χ1v) is 7.94. The van der Waals surface area contributed by atoms with Crippen molar-refractivity contribution in [3.05, 3.63) is 0 Å². The normalized spacial score (nSPS) is 25.6. The lowest BCUT2D eigenvalue weighted by Crippen LogP contribution is -2.55. The highest BCUT2D eigenvalue weighted by molar-refractivity contribution is 7.80. The SMILES string of the molecule is CCCC(C(N)=S)N1CCN(C(=O)C2CCOC2)CC1. The van der Waals surface area contributed by atoms with Gasteiger partial charge in [-0.2, -0.15) is 0 Å². The molecule has 6 heteroatoms. The number of nitrogens with two attached hydrogens (primary N) is 1. The van der Waals surface area contributed by atoms with Crippen LogP contribution in [0.4, 0.5) is 0 Å². The van der Waals surface area contributed by atoms with E-state index in [0.717, 1.165) is 52.0 Å². The van der Waals surface area contributed by atoms with Crippen LogP contribution in [0.3, 0.4) is 0 Å². The number of piperazine rings is 1. The predicted octanol–water partition coefficient (Wildman–Crippen LogP) is 0.622. The largest absolute Gasteiger partial charge is 0.392 e. The summed E-state index contributed by atoms with van der Waals surface area (Å²) in [5.41, 5.74) is 5.84. The molecule has 2 aliphatic heterocycles. The molecular weight excluding hydrogens is 274 g/mol. The highest BCUT2D eigenvalue weighted by Crippen LogP contribution is 2.18. The van der Waals surface area contributed by atoms with Gasteiger partial charge in [-0.1, -0.05) is 25.6 Å². The number of hydrogen-bond donors (Lipinski definition) is 1. The maximum absolute atomic E-state index is 12.3. The van der Waals surface area contributed by atoms with Crippen molar-refractivity contribution in [3.63, 3.8) is 0 Å². The summed E-state index contributed by atoms with van der Waals surface area (Å²) in [4.78, 5) is 17.2. The van der Waals surface area contributed by atoms with Crippen molar-refractivity contribution in [3.8, 4) is 0 Å². The van der Waals surface area contributed by atoms with Gasteiger partial charge in [-0.25, -0.2) is 0 Å². The van der Waals surface area contributed by atoms with Gasteiger partial charge in [-0.3, -0.25) is 9.69 Å². The summed E-state index contributed by atoms with van der Waals surface area (Å²) in [5.74, 6) is 0.327. The number of rotatable bonds is 5. The molecule has 0 aromatic rings. The van der Waals surface area contributed by atoms with E-state index in [9.17, 15) is 4.79 Å². The molecule has 2 atom stereocenters. The highest BCUT2D eigenvalue weighted by atomic mass is 32.1. The van der Waals surface area contributed by atoms with Gasteiger partial charge in [0.05, 0.1) is 23.6 Å². The zero-order chi connectivity index (χ0) is 14.5. The van der Waals surface area contributed by atoms with Gasteiger partial charge in [0.25, 0.3) is 0 Å². The lowest BCUT2D eigenvalue weighted by atomic mass is 10.1. The quantitative estimate of drug-likeness (QED) is 0.754. The molecule has 114 valence electrons. The lowest BCUT2D eigenvalue weighted by Gasteiger charge is -2.39. The maximum atomic E-state index is 12.3. The number of amides is 1. The molecular formula is C14H25N3O2S. The van der Waals surface area contributed by atoms with Gasteiger partial charge in [0, 0.05) is 32.8 Å². The zero-order valence-electron chi connectivity index (χ0n) is 12.2. The Morgan fingerprint density at radius 1 is 1.40 bits per heavy atom. The summed E-state index contributed by atoms with van der Waals surface area (Å²) in [5, 5.41) is 0. The second-order valence-corrected chi connectivity index (χ2v) is 6.10. The van der Waals surface area contributed by atoms with E-state index in [-0.39, 0.29) is 17.9 Å². The third kappa shape index (κ3) is 3.68. The third-order valence-electron chi connectivity index (χ3n) is 4.24. The van der Waals surface area contributed by atoms with Crippen LogP contribution in [-0.4, -0.2) is 66.1 Å². The van der Waals surface area contributed by atoms with E-state index < -0.39 is 0 Å². The molecule has 2 fully saturated rings. The highest BCUT2D eigenvalue weighted by Gasteiger charge is 2.31. The van der Waals surface area contributed by atoms with E-state index in [1.165, 1.54) is 0 Å². The average Bonchev–Trinajstić information content (AvgIpc) is 2.98. The number of carbonyl (C=O) groups excluding carboxylic acids is 1. The van der Waals surface area contributed by atoms with Crippen molar-refractivity contribution in [2.24, 2.45) is 11.7 Å². The predicted molar refractivity (Wildman–Crippen MR) is 82.6 cm³/mol. The van der Waals surface area contributed by atoms with Crippen LogP contribution in [0.1, 0.15) is 26.2 Å². The maximum Gasteiger partial charge on any atom is 0.228 e. The molecule has 2 N–H and O–H groups in total. The number of hydrogen-bond acceptors (Lipinski definition) is 4. The van der Waals surface area contributed by atoms with E-state index >= 15 is 0 Å². The molecule has 2 rings (SSSR count). The number of ether oxygens (including phenoxy) is 1. The fraction of sp³-hybridized carbons (Fsp3) is 0.857. The van der Waals surface area contributed by atoms with Gasteiger partial charge in [0.15, 0.2) is 0 Å². The second-order valence-electron chi connectivity index (χ2n) is 5.63. The molecule has 0 radical (unpaired) electrons. The van der Waals surface area contributed by atoms with Gasteiger partial charge < -0.3 is 15.4 Å². The minimum Gasteiger partial charge on any atom is -0.392 e. The van der Waals surface area contributed by atoms with Crippen molar-refractivity contribution in [2.45, 2.75) is 32.2 Å². The Kier molecular flexibility index (Phi) is 5.74. The Hall–Kier alpha value is -0.720. The van der Waals surface area contributed by atoms with Gasteiger partial charge in [-0.05, 0) is 12.8 Å². The number of thiocarbonyl (C=S) groups is 1. The van der Waals surface area contributed by atoms with Gasteiger partial charge in [0.1, 0.15) is 0 Å². The Balaban J connectivity index is 1.84. The summed E-state index contributed by atoms with van der Waals surface area (Å²) in [6.45, 7) is 6.73. The molecule has 20 heavy (non-hydrogen) atoms. The molecule has 0 saturated carbocycles. The average molecular weight is 299 g/mol. The molecule has 2 aliphatic rings. The minimum atomic E-state index is 0.0728. The molecule has 2 saturated heterocycles. The van der Waals surface area contributed by atoms with Crippen LogP contribution in [0.5, 0.6) is 0 Å². The Morgan fingerprint density at radius 3 is 2.60 bits per heavy atom. The molecule has 0 aliphatic carbocycles. The van der Waals surface area contributed by atoms with Crippen LogP contribution < -0.4 is 5.73 Å². The third-order valence-corrected chi connectivity index (χ3v) is 4.51. The molecule has 0 spiro atoms. The lowest BCUT2D eigenvalue weighted by molar-refractivity contribution is -0.137. The topological polar surface area (TPSA) is 58.8 Å². The summed E-state index contributed by atoms with van der Waals surface area (Å²) in [6.07, 6.45) is 2.94. The first-order chi connectivity index (χ1) is 9.63. The van der Waals surface area contributed by atoms with Crippen LogP contribution in [0, 0.1) is 5.92 Å². The van der Waals surface area contributed by atoms with Crippen LogP contribution >= 0.6 is 12.2 Å². The molecule has 5 nitrogen and oxygen atoms in total. The molecule has 0 aromatic carbocycles. The summed E-state index contributed by atoms with van der Waals surface area (Å²) in [7, 11) is 0. The number of nitrogens with zero attached hydrogens (tertiary/aromatic N) is 2. The van der Waals surface area contributed by atoms with E-state index in [1.807, 2.05) is 4.90 Å². The molecule has 2 heterocycles. The first-order valence-electron chi connectivity index (χ1n) is 7.53. The molecule has 1 amide bonds. The van der Waals surface area contributed by atoms with Crippen molar-refractivity contribution in [1.82, 2.24) is 9.80 Å². The Bertz CT molecular complexity index is 350. The van der Waals surface area contributed by atoms with Crippen molar-refractivity contribution in [1.29, 1.82) is 0 Å². The van der Waals surface area contributed by atoms with Gasteiger partial charge >= 0.3 is 0 Å². The van der Waals surface area contributed by atoms with Crippen molar-refractivity contribution < 1.29 is 9.53 Å². The van der Waals surface area contributed by atoms with Crippen molar-refractivity contribution in [2.75, 3.05) is 39.4 Å². The monoisotopic (exact) mass is 299 g/mol. The molecule has 0 aromatic heterocycles. The van der Waals surface area contributed by atoms with Gasteiger partial charge in [0.2, 0.25) is 5.91 Å². The van der Waals surface area contributed by atoms with Crippen LogP contribution in [0.15, 0.2) is 0 Å². The van der Waals surface area contributed by atoms with Crippen LogP contribution in [-0.2, 0) is 9.53 Å². The van der Waals surface area contributed by atoms with Crippen LogP contribution in [0.2, 0.25) is 0 Å². The first kappa shape index (κ1) is 15.7. The van der Waals surface area contributed by atoms with E-state index in [2.05, 4.69) is 11.8 Å². The standard InChI is InChI=1S/C14H25N3O2S/c1-2-3-12(13(15)20)16-5-7-17(8-6-16)14(18)11-4-9-19-10-11/h11-12H,2-10H2,1H3,(H2,15,20). The zero-order valence-corrected chi connectivity index (χ0v) is 13.0. The second kappa shape index (κ2) is 7.33. The summed E-state index contributed by atoms with van der Waals surface area (Å²) < 4.78 is 5.30.